The quantitative estimate of drug-likeness (QED) is 0.786. The van der Waals surface area contributed by atoms with Crippen molar-refractivity contribution >= 4 is 17.7 Å². The van der Waals surface area contributed by atoms with Crippen LogP contribution in [0.4, 0.5) is 0 Å². The Morgan fingerprint density at radius 2 is 2.13 bits per heavy atom. The number of nitrogens with zero attached hydrogens (tertiary/aromatic N) is 1. The minimum atomic E-state index is -0.700. The van der Waals surface area contributed by atoms with Crippen LogP contribution in [0.1, 0.15) is 33.1 Å². The Bertz CT molecular complexity index is 205. The third-order valence-corrected chi connectivity index (χ3v) is 4.18. The summed E-state index contributed by atoms with van der Waals surface area (Å²) in [5.74, 6) is 1.66. The Morgan fingerprint density at radius 3 is 2.60 bits per heavy atom. The third kappa shape index (κ3) is 4.03. The van der Waals surface area contributed by atoms with Crippen LogP contribution in [0.5, 0.6) is 0 Å². The van der Waals surface area contributed by atoms with Crippen LogP contribution in [0.3, 0.4) is 0 Å². The maximum Gasteiger partial charge on any atom is 0.317 e. The first-order valence-electron chi connectivity index (χ1n) is 5.70. The van der Waals surface area contributed by atoms with Crippen molar-refractivity contribution in [2.75, 3.05) is 18.1 Å². The zero-order valence-electron chi connectivity index (χ0n) is 9.61. The summed E-state index contributed by atoms with van der Waals surface area (Å²) in [6, 6.07) is 0.867. The van der Waals surface area contributed by atoms with Gasteiger partial charge in [-0.1, -0.05) is 6.92 Å². The molecule has 1 N–H and O–H groups in total. The number of carboxylic acids is 1. The summed E-state index contributed by atoms with van der Waals surface area (Å²) >= 11 is 1.98. The zero-order chi connectivity index (χ0) is 11.3. The maximum atomic E-state index is 10.8. The standard InChI is InChI=1S/C11H21NO2S/c1-3-9(2)12(8-11(13)14)10-4-6-15-7-5-10/h9-10H,3-8H2,1-2H3,(H,13,14). The molecule has 4 heteroatoms. The molecule has 1 rings (SSSR count). The Kier molecular flexibility index (Phi) is 5.47. The molecule has 0 bridgehead atoms. The van der Waals surface area contributed by atoms with Crippen LogP contribution < -0.4 is 0 Å². The van der Waals surface area contributed by atoms with Crippen molar-refractivity contribution in [3.63, 3.8) is 0 Å². The van der Waals surface area contributed by atoms with E-state index in [1.54, 1.807) is 0 Å². The van der Waals surface area contributed by atoms with Crippen molar-refractivity contribution in [2.45, 2.75) is 45.2 Å². The van der Waals surface area contributed by atoms with Gasteiger partial charge in [0.1, 0.15) is 0 Å². The second-order valence-electron chi connectivity index (χ2n) is 4.17. The van der Waals surface area contributed by atoms with E-state index < -0.39 is 5.97 Å². The lowest BCUT2D eigenvalue weighted by Crippen LogP contribution is -2.46. The molecule has 1 aliphatic rings. The second kappa shape index (κ2) is 6.38. The first-order valence-corrected chi connectivity index (χ1v) is 6.86. The summed E-state index contributed by atoms with van der Waals surface area (Å²) in [7, 11) is 0. The lowest BCUT2D eigenvalue weighted by Gasteiger charge is -2.37. The van der Waals surface area contributed by atoms with Gasteiger partial charge in [-0.25, -0.2) is 0 Å². The minimum Gasteiger partial charge on any atom is -0.480 e. The average Bonchev–Trinajstić information content (AvgIpc) is 2.26. The van der Waals surface area contributed by atoms with Gasteiger partial charge in [0, 0.05) is 12.1 Å². The number of rotatable bonds is 5. The third-order valence-electron chi connectivity index (χ3n) is 3.13. The normalized spacial score (nSPS) is 20.5. The molecule has 0 spiro atoms. The Hall–Kier alpha value is -0.220. The smallest absolute Gasteiger partial charge is 0.317 e. The summed E-state index contributed by atoms with van der Waals surface area (Å²) in [6.07, 6.45) is 3.31. The molecule has 1 saturated heterocycles. The van der Waals surface area contributed by atoms with Crippen molar-refractivity contribution in [1.82, 2.24) is 4.90 Å². The highest BCUT2D eigenvalue weighted by Crippen LogP contribution is 2.23. The summed E-state index contributed by atoms with van der Waals surface area (Å²) in [5, 5.41) is 8.91. The fourth-order valence-electron chi connectivity index (χ4n) is 2.05. The Balaban J connectivity index is 2.56. The van der Waals surface area contributed by atoms with E-state index in [4.69, 9.17) is 5.11 Å². The Labute approximate surface area is 96.2 Å². The molecule has 0 saturated carbocycles. The van der Waals surface area contributed by atoms with Crippen LogP contribution in [0.25, 0.3) is 0 Å². The molecular formula is C11H21NO2S. The van der Waals surface area contributed by atoms with E-state index in [9.17, 15) is 4.79 Å². The average molecular weight is 231 g/mol. The van der Waals surface area contributed by atoms with Gasteiger partial charge in [-0.2, -0.15) is 11.8 Å². The molecule has 3 nitrogen and oxygen atoms in total. The molecule has 0 aromatic carbocycles. The van der Waals surface area contributed by atoms with E-state index in [0.29, 0.717) is 12.1 Å². The molecule has 1 heterocycles. The number of aliphatic carboxylic acids is 1. The van der Waals surface area contributed by atoms with Gasteiger partial charge in [-0.05, 0) is 37.7 Å². The van der Waals surface area contributed by atoms with E-state index in [1.807, 2.05) is 11.8 Å². The van der Waals surface area contributed by atoms with E-state index >= 15 is 0 Å². The molecule has 0 aromatic heterocycles. The highest BCUT2D eigenvalue weighted by Gasteiger charge is 2.26. The number of carbonyl (C=O) groups is 1. The maximum absolute atomic E-state index is 10.8. The van der Waals surface area contributed by atoms with Crippen LogP contribution in [0.2, 0.25) is 0 Å². The fourth-order valence-corrected chi connectivity index (χ4v) is 3.13. The molecule has 1 atom stereocenters. The first-order chi connectivity index (χ1) is 7.15. The number of carboxylic acid groups (broad SMARTS) is 1. The largest absolute Gasteiger partial charge is 0.480 e. The molecule has 0 radical (unpaired) electrons. The van der Waals surface area contributed by atoms with Crippen molar-refractivity contribution in [2.24, 2.45) is 0 Å². The van der Waals surface area contributed by atoms with E-state index in [-0.39, 0.29) is 6.54 Å². The second-order valence-corrected chi connectivity index (χ2v) is 5.39. The number of hydrogen-bond acceptors (Lipinski definition) is 3. The molecule has 1 fully saturated rings. The van der Waals surface area contributed by atoms with Crippen LogP contribution >= 0.6 is 11.8 Å². The van der Waals surface area contributed by atoms with Gasteiger partial charge in [0.2, 0.25) is 0 Å². The van der Waals surface area contributed by atoms with Crippen molar-refractivity contribution < 1.29 is 9.90 Å². The topological polar surface area (TPSA) is 40.5 Å². The van der Waals surface area contributed by atoms with Crippen LogP contribution in [0.15, 0.2) is 0 Å². The van der Waals surface area contributed by atoms with E-state index in [0.717, 1.165) is 19.3 Å². The summed E-state index contributed by atoms with van der Waals surface area (Å²) in [5.41, 5.74) is 0. The molecule has 88 valence electrons. The summed E-state index contributed by atoms with van der Waals surface area (Å²) in [6.45, 7) is 4.45. The molecular weight excluding hydrogens is 210 g/mol. The zero-order valence-corrected chi connectivity index (χ0v) is 10.4. The van der Waals surface area contributed by atoms with Gasteiger partial charge in [0.25, 0.3) is 0 Å². The molecule has 1 unspecified atom stereocenters. The van der Waals surface area contributed by atoms with Crippen LogP contribution in [-0.2, 0) is 4.79 Å². The van der Waals surface area contributed by atoms with Crippen molar-refractivity contribution in [3.8, 4) is 0 Å². The molecule has 0 aromatic rings. The van der Waals surface area contributed by atoms with Gasteiger partial charge in [-0.3, -0.25) is 9.69 Å². The SMILES string of the molecule is CCC(C)N(CC(=O)O)C1CCSCC1. The predicted octanol–water partition coefficient (Wildman–Crippen LogP) is 2.07. The van der Waals surface area contributed by atoms with Gasteiger partial charge in [0.15, 0.2) is 0 Å². The lowest BCUT2D eigenvalue weighted by molar-refractivity contribution is -0.139. The predicted molar refractivity (Wildman–Crippen MR) is 64.4 cm³/mol. The molecule has 0 aliphatic carbocycles. The molecule has 1 aliphatic heterocycles. The van der Waals surface area contributed by atoms with Gasteiger partial charge in [0.05, 0.1) is 6.54 Å². The van der Waals surface area contributed by atoms with Gasteiger partial charge >= 0.3 is 5.97 Å². The minimum absolute atomic E-state index is 0.199. The monoisotopic (exact) mass is 231 g/mol. The highest BCUT2D eigenvalue weighted by molar-refractivity contribution is 7.99. The Morgan fingerprint density at radius 1 is 1.53 bits per heavy atom. The van der Waals surface area contributed by atoms with Gasteiger partial charge < -0.3 is 5.11 Å². The van der Waals surface area contributed by atoms with Gasteiger partial charge in [-0.15, -0.1) is 0 Å². The first kappa shape index (κ1) is 12.8. The highest BCUT2D eigenvalue weighted by atomic mass is 32.2. The lowest BCUT2D eigenvalue weighted by atomic mass is 10.1. The molecule has 15 heavy (non-hydrogen) atoms. The van der Waals surface area contributed by atoms with E-state index in [1.165, 1.54) is 11.5 Å². The molecule has 0 amide bonds. The van der Waals surface area contributed by atoms with E-state index in [2.05, 4.69) is 18.7 Å². The number of hydrogen-bond donors (Lipinski definition) is 1. The summed E-state index contributed by atoms with van der Waals surface area (Å²) in [4.78, 5) is 13.0. The van der Waals surface area contributed by atoms with Crippen LogP contribution in [-0.4, -0.2) is 46.1 Å². The van der Waals surface area contributed by atoms with Crippen molar-refractivity contribution in [3.05, 3.63) is 0 Å². The van der Waals surface area contributed by atoms with Crippen LogP contribution in [0, 0.1) is 0 Å². The van der Waals surface area contributed by atoms with Crippen molar-refractivity contribution in [1.29, 1.82) is 0 Å². The summed E-state index contributed by atoms with van der Waals surface area (Å²) < 4.78 is 0. The fraction of sp³-hybridized carbons (Fsp3) is 0.909. The number of thioether (sulfide) groups is 1.